The van der Waals surface area contributed by atoms with Gasteiger partial charge in [0.2, 0.25) is 0 Å². The number of hydrogen-bond acceptors (Lipinski definition) is 7. The van der Waals surface area contributed by atoms with E-state index in [9.17, 15) is 4.79 Å². The van der Waals surface area contributed by atoms with E-state index in [0.29, 0.717) is 40.9 Å². The van der Waals surface area contributed by atoms with Gasteiger partial charge in [0.1, 0.15) is 29.5 Å². The van der Waals surface area contributed by atoms with Crippen molar-refractivity contribution in [3.05, 3.63) is 82.5 Å². The van der Waals surface area contributed by atoms with Crippen molar-refractivity contribution in [2.45, 2.75) is 13.0 Å². The van der Waals surface area contributed by atoms with Crippen LogP contribution in [0.2, 0.25) is 0 Å². The number of aromatic nitrogens is 3. The topological polar surface area (TPSA) is 84.2 Å². The molecule has 156 valence electrons. The number of ether oxygens (including phenoxy) is 4. The molecule has 8 heteroatoms. The summed E-state index contributed by atoms with van der Waals surface area (Å²) in [6.45, 7) is 2.07. The lowest BCUT2D eigenvalue weighted by molar-refractivity contribution is 0.0846. The molecule has 0 radical (unpaired) electrons. The molecule has 1 aromatic carbocycles. The Hall–Kier alpha value is -4.07. The van der Waals surface area contributed by atoms with Crippen LogP contribution in [0.15, 0.2) is 65.8 Å². The molecule has 0 spiro atoms. The number of methoxy groups -OCH3 is 1. The maximum Gasteiger partial charge on any atom is 0.260 e. The highest BCUT2D eigenvalue weighted by molar-refractivity contribution is 5.45. The van der Waals surface area contributed by atoms with E-state index >= 15 is 0 Å². The average Bonchev–Trinajstić information content (AvgIpc) is 2.81. The predicted octanol–water partition coefficient (Wildman–Crippen LogP) is 3.71. The van der Waals surface area contributed by atoms with E-state index in [0.717, 1.165) is 11.3 Å². The summed E-state index contributed by atoms with van der Waals surface area (Å²) >= 11 is 0. The van der Waals surface area contributed by atoms with Crippen LogP contribution in [-0.2, 0) is 0 Å². The van der Waals surface area contributed by atoms with Gasteiger partial charge in [-0.05, 0) is 36.8 Å². The Morgan fingerprint density at radius 1 is 1.03 bits per heavy atom. The average molecular weight is 417 g/mol. The molecule has 0 saturated heterocycles. The van der Waals surface area contributed by atoms with Crippen LogP contribution < -0.4 is 24.5 Å². The van der Waals surface area contributed by atoms with Gasteiger partial charge in [-0.1, -0.05) is 12.1 Å². The summed E-state index contributed by atoms with van der Waals surface area (Å²) in [6, 6.07) is 12.8. The zero-order valence-corrected chi connectivity index (χ0v) is 16.9. The lowest BCUT2D eigenvalue weighted by Gasteiger charge is -2.26. The van der Waals surface area contributed by atoms with E-state index in [2.05, 4.69) is 9.97 Å². The Kier molecular flexibility index (Phi) is 4.66. The first-order valence-corrected chi connectivity index (χ1v) is 9.70. The van der Waals surface area contributed by atoms with Gasteiger partial charge >= 0.3 is 0 Å². The summed E-state index contributed by atoms with van der Waals surface area (Å²) in [4.78, 5) is 20.9. The summed E-state index contributed by atoms with van der Waals surface area (Å²) in [5, 5.41) is 0. The first kappa shape index (κ1) is 18.9. The quantitative estimate of drug-likeness (QED) is 0.500. The molecule has 0 saturated carbocycles. The predicted molar refractivity (Wildman–Crippen MR) is 112 cm³/mol. The molecule has 1 aliphatic heterocycles. The Bertz CT molecular complexity index is 1320. The van der Waals surface area contributed by atoms with E-state index in [4.69, 9.17) is 18.9 Å². The van der Waals surface area contributed by atoms with Crippen molar-refractivity contribution in [1.82, 2.24) is 14.4 Å². The first-order valence-electron chi connectivity index (χ1n) is 9.70. The SMILES string of the molecule is COc1ccc([C@@H]2COc3cc(Oc4ccc5ncc(C)c(=O)n5c4)cnc3O2)cc1. The molecule has 0 aliphatic carbocycles. The normalized spacial score (nSPS) is 15.0. The number of rotatable bonds is 4. The van der Waals surface area contributed by atoms with Crippen molar-refractivity contribution in [1.29, 1.82) is 0 Å². The highest BCUT2D eigenvalue weighted by Crippen LogP contribution is 2.37. The number of pyridine rings is 2. The van der Waals surface area contributed by atoms with Crippen LogP contribution in [0, 0.1) is 6.92 Å². The summed E-state index contributed by atoms with van der Waals surface area (Å²) in [6.07, 6.45) is 4.46. The third kappa shape index (κ3) is 3.63. The maximum absolute atomic E-state index is 12.3. The summed E-state index contributed by atoms with van der Waals surface area (Å²) in [5.41, 5.74) is 1.94. The fraction of sp³-hybridized carbons (Fsp3) is 0.174. The number of benzene rings is 1. The van der Waals surface area contributed by atoms with E-state index in [1.54, 1.807) is 50.8 Å². The Morgan fingerprint density at radius 3 is 2.65 bits per heavy atom. The number of fused-ring (bicyclic) bond motifs is 2. The molecule has 4 aromatic rings. The lowest BCUT2D eigenvalue weighted by atomic mass is 10.1. The van der Waals surface area contributed by atoms with Crippen molar-refractivity contribution >= 4 is 5.65 Å². The molecule has 3 aromatic heterocycles. The Morgan fingerprint density at radius 2 is 1.84 bits per heavy atom. The molecule has 1 atom stereocenters. The fourth-order valence-electron chi connectivity index (χ4n) is 3.32. The molecule has 0 N–H and O–H groups in total. The smallest absolute Gasteiger partial charge is 0.260 e. The molecule has 5 rings (SSSR count). The van der Waals surface area contributed by atoms with Crippen molar-refractivity contribution in [3.8, 4) is 28.9 Å². The monoisotopic (exact) mass is 417 g/mol. The standard InChI is InChI=1S/C23H19N3O5/c1-14-10-24-21-8-7-17(12-26(21)23(14)27)30-18-9-19-22(25-11-18)31-20(13-29-19)15-3-5-16(28-2)6-4-15/h3-12,20H,13H2,1-2H3/t20-/m0/s1. The fourth-order valence-corrected chi connectivity index (χ4v) is 3.32. The van der Waals surface area contributed by atoms with Crippen LogP contribution in [0.5, 0.6) is 28.9 Å². The van der Waals surface area contributed by atoms with Crippen LogP contribution in [0.4, 0.5) is 0 Å². The summed E-state index contributed by atoms with van der Waals surface area (Å²) < 4.78 is 24.4. The third-order valence-corrected chi connectivity index (χ3v) is 5.01. The van der Waals surface area contributed by atoms with Gasteiger partial charge < -0.3 is 18.9 Å². The largest absolute Gasteiger partial charge is 0.497 e. The van der Waals surface area contributed by atoms with E-state index in [-0.39, 0.29) is 11.7 Å². The molecule has 0 unspecified atom stereocenters. The van der Waals surface area contributed by atoms with Crippen LogP contribution in [0.25, 0.3) is 5.65 Å². The molecule has 8 nitrogen and oxygen atoms in total. The zero-order chi connectivity index (χ0) is 21.4. The van der Waals surface area contributed by atoms with Gasteiger partial charge in [0.05, 0.1) is 19.5 Å². The molecule has 0 bridgehead atoms. The number of aryl methyl sites for hydroxylation is 1. The van der Waals surface area contributed by atoms with Gasteiger partial charge in [-0.3, -0.25) is 9.20 Å². The maximum atomic E-state index is 12.3. The van der Waals surface area contributed by atoms with E-state index < -0.39 is 0 Å². The van der Waals surface area contributed by atoms with Crippen LogP contribution >= 0.6 is 0 Å². The van der Waals surface area contributed by atoms with Crippen LogP contribution in [0.1, 0.15) is 17.2 Å². The van der Waals surface area contributed by atoms with Crippen molar-refractivity contribution in [2.24, 2.45) is 0 Å². The highest BCUT2D eigenvalue weighted by atomic mass is 16.6. The number of hydrogen-bond donors (Lipinski definition) is 0. The Labute approximate surface area is 177 Å². The minimum absolute atomic E-state index is 0.139. The van der Waals surface area contributed by atoms with Gasteiger partial charge in [0, 0.05) is 17.8 Å². The van der Waals surface area contributed by atoms with E-state index in [1.165, 1.54) is 4.40 Å². The first-order chi connectivity index (χ1) is 15.1. The van der Waals surface area contributed by atoms with Gasteiger partial charge in [-0.25, -0.2) is 9.97 Å². The van der Waals surface area contributed by atoms with Crippen LogP contribution in [0.3, 0.4) is 0 Å². The Balaban J connectivity index is 1.36. The van der Waals surface area contributed by atoms with Gasteiger partial charge in [0.15, 0.2) is 11.9 Å². The van der Waals surface area contributed by atoms with Crippen molar-refractivity contribution < 1.29 is 18.9 Å². The minimum atomic E-state index is -0.263. The minimum Gasteiger partial charge on any atom is -0.497 e. The van der Waals surface area contributed by atoms with Gasteiger partial charge in [-0.15, -0.1) is 0 Å². The second-order valence-corrected chi connectivity index (χ2v) is 7.11. The molecule has 0 fully saturated rings. The van der Waals surface area contributed by atoms with E-state index in [1.807, 2.05) is 24.3 Å². The molecular weight excluding hydrogens is 398 g/mol. The van der Waals surface area contributed by atoms with Crippen LogP contribution in [-0.4, -0.2) is 28.1 Å². The molecular formula is C23H19N3O5. The van der Waals surface area contributed by atoms with Gasteiger partial charge in [-0.2, -0.15) is 0 Å². The molecule has 0 amide bonds. The second kappa shape index (κ2) is 7.64. The van der Waals surface area contributed by atoms with Crippen molar-refractivity contribution in [2.75, 3.05) is 13.7 Å². The highest BCUT2D eigenvalue weighted by Gasteiger charge is 2.24. The third-order valence-electron chi connectivity index (χ3n) is 5.01. The molecule has 31 heavy (non-hydrogen) atoms. The van der Waals surface area contributed by atoms with Crippen molar-refractivity contribution in [3.63, 3.8) is 0 Å². The van der Waals surface area contributed by atoms with Gasteiger partial charge in [0.25, 0.3) is 11.4 Å². The summed E-state index contributed by atoms with van der Waals surface area (Å²) in [5.74, 6) is 2.63. The second-order valence-electron chi connectivity index (χ2n) is 7.11. The molecule has 1 aliphatic rings. The lowest BCUT2D eigenvalue weighted by Crippen LogP contribution is -2.22. The molecule has 4 heterocycles. The number of nitrogens with zero attached hydrogens (tertiary/aromatic N) is 3. The zero-order valence-electron chi connectivity index (χ0n) is 16.9. The summed E-state index contributed by atoms with van der Waals surface area (Å²) in [7, 11) is 1.63.